The molecule has 1 fully saturated rings. The summed E-state index contributed by atoms with van der Waals surface area (Å²) in [5, 5.41) is 11.2. The van der Waals surface area contributed by atoms with Crippen molar-refractivity contribution in [1.29, 1.82) is 0 Å². The second kappa shape index (κ2) is 9.22. The van der Waals surface area contributed by atoms with E-state index in [0.29, 0.717) is 17.5 Å². The van der Waals surface area contributed by atoms with Crippen LogP contribution in [0.15, 0.2) is 88.1 Å². The van der Waals surface area contributed by atoms with Crippen molar-refractivity contribution < 1.29 is 9.52 Å². The summed E-state index contributed by atoms with van der Waals surface area (Å²) in [6.45, 7) is 6.07. The zero-order valence-electron chi connectivity index (χ0n) is 18.8. The quantitative estimate of drug-likeness (QED) is 0.456. The van der Waals surface area contributed by atoms with Gasteiger partial charge in [0.05, 0.1) is 11.4 Å². The van der Waals surface area contributed by atoms with Gasteiger partial charge in [0.1, 0.15) is 11.3 Å². The van der Waals surface area contributed by atoms with E-state index in [0.717, 1.165) is 37.3 Å². The van der Waals surface area contributed by atoms with Crippen molar-refractivity contribution in [2.75, 3.05) is 26.2 Å². The highest BCUT2D eigenvalue weighted by atomic mass is 16.4. The Bertz CT molecular complexity index is 1250. The third kappa shape index (κ3) is 4.56. The van der Waals surface area contributed by atoms with Gasteiger partial charge < -0.3 is 9.52 Å². The van der Waals surface area contributed by atoms with E-state index in [4.69, 9.17) is 4.42 Å². The average molecular weight is 441 g/mol. The van der Waals surface area contributed by atoms with Gasteiger partial charge in [-0.3, -0.25) is 9.80 Å². The summed E-state index contributed by atoms with van der Waals surface area (Å²) in [6.07, 6.45) is 0. The van der Waals surface area contributed by atoms with Crippen LogP contribution in [-0.4, -0.2) is 41.1 Å². The molecule has 1 aliphatic rings. The molecular weight excluding hydrogens is 412 g/mol. The lowest BCUT2D eigenvalue weighted by Gasteiger charge is -2.40. The first-order valence-electron chi connectivity index (χ1n) is 11.4. The van der Waals surface area contributed by atoms with Crippen molar-refractivity contribution in [3.8, 4) is 5.75 Å². The third-order valence-electron chi connectivity index (χ3n) is 6.45. The normalized spacial score (nSPS) is 15.3. The van der Waals surface area contributed by atoms with Crippen molar-refractivity contribution in [2.24, 2.45) is 0 Å². The molecule has 1 aromatic heterocycles. The van der Waals surface area contributed by atoms with Gasteiger partial charge in [0.15, 0.2) is 0 Å². The van der Waals surface area contributed by atoms with Crippen molar-refractivity contribution in [3.63, 3.8) is 0 Å². The Morgan fingerprint density at radius 1 is 0.879 bits per heavy atom. The molecule has 5 heteroatoms. The number of nitrogens with zero attached hydrogens (tertiary/aromatic N) is 2. The fraction of sp³-hybridized carbons (Fsp3) is 0.250. The van der Waals surface area contributed by atoms with Crippen LogP contribution >= 0.6 is 0 Å². The second-order valence-corrected chi connectivity index (χ2v) is 8.78. The van der Waals surface area contributed by atoms with Crippen LogP contribution in [-0.2, 0) is 6.54 Å². The van der Waals surface area contributed by atoms with Crippen LogP contribution < -0.4 is 5.63 Å². The number of phenols is 1. The number of aromatic hydroxyl groups is 1. The molecular formula is C28H28N2O3. The van der Waals surface area contributed by atoms with Crippen molar-refractivity contribution in [3.05, 3.63) is 112 Å². The number of rotatable bonds is 5. The Kier molecular flexibility index (Phi) is 5.99. The molecule has 0 saturated carbocycles. The van der Waals surface area contributed by atoms with Gasteiger partial charge in [-0.25, -0.2) is 4.79 Å². The highest BCUT2D eigenvalue weighted by Gasteiger charge is 2.27. The molecule has 0 aliphatic carbocycles. The number of piperazine rings is 1. The van der Waals surface area contributed by atoms with Crippen LogP contribution in [0.4, 0.5) is 0 Å². The summed E-state index contributed by atoms with van der Waals surface area (Å²) in [5.74, 6) is 0.163. The minimum absolute atomic E-state index is 0.163. The smallest absolute Gasteiger partial charge is 0.336 e. The van der Waals surface area contributed by atoms with Crippen LogP contribution in [0.2, 0.25) is 0 Å². The van der Waals surface area contributed by atoms with E-state index in [1.165, 1.54) is 17.2 Å². The molecule has 0 bridgehead atoms. The summed E-state index contributed by atoms with van der Waals surface area (Å²) in [5.41, 5.74) is 4.33. The van der Waals surface area contributed by atoms with E-state index in [2.05, 4.69) is 70.5 Å². The van der Waals surface area contributed by atoms with Gasteiger partial charge in [0.2, 0.25) is 0 Å². The van der Waals surface area contributed by atoms with Gasteiger partial charge in [0.25, 0.3) is 0 Å². The Morgan fingerprint density at radius 3 is 2.09 bits per heavy atom. The monoisotopic (exact) mass is 440 g/mol. The third-order valence-corrected chi connectivity index (χ3v) is 6.45. The maximum Gasteiger partial charge on any atom is 0.336 e. The van der Waals surface area contributed by atoms with E-state index < -0.39 is 0 Å². The van der Waals surface area contributed by atoms with Crippen LogP contribution in [0.5, 0.6) is 5.75 Å². The summed E-state index contributed by atoms with van der Waals surface area (Å²) >= 11 is 0. The first-order valence-corrected chi connectivity index (χ1v) is 11.4. The van der Waals surface area contributed by atoms with Gasteiger partial charge >= 0.3 is 5.63 Å². The molecule has 0 amide bonds. The van der Waals surface area contributed by atoms with Gasteiger partial charge in [-0.2, -0.15) is 0 Å². The fourth-order valence-corrected chi connectivity index (χ4v) is 4.92. The lowest BCUT2D eigenvalue weighted by Crippen LogP contribution is -2.47. The molecule has 1 saturated heterocycles. The predicted octanol–water partition coefficient (Wildman–Crippen LogP) is 4.71. The number of hydrogen-bond donors (Lipinski definition) is 1. The first-order chi connectivity index (χ1) is 16.1. The minimum atomic E-state index is -0.380. The number of hydrogen-bond acceptors (Lipinski definition) is 5. The summed E-state index contributed by atoms with van der Waals surface area (Å²) in [7, 11) is 0. The molecule has 3 aromatic carbocycles. The molecule has 1 N–H and O–H groups in total. The lowest BCUT2D eigenvalue weighted by molar-refractivity contribution is 0.105. The molecule has 5 rings (SSSR count). The maximum absolute atomic E-state index is 12.1. The van der Waals surface area contributed by atoms with E-state index in [9.17, 15) is 9.90 Å². The Balaban J connectivity index is 1.37. The van der Waals surface area contributed by atoms with Crippen LogP contribution in [0.25, 0.3) is 11.0 Å². The predicted molar refractivity (Wildman–Crippen MR) is 130 cm³/mol. The Morgan fingerprint density at radius 2 is 1.48 bits per heavy atom. The molecule has 0 atom stereocenters. The van der Waals surface area contributed by atoms with Gasteiger partial charge in [-0.15, -0.1) is 0 Å². The Labute approximate surface area is 193 Å². The van der Waals surface area contributed by atoms with Crippen molar-refractivity contribution in [2.45, 2.75) is 19.5 Å². The first kappa shape index (κ1) is 21.4. The topological polar surface area (TPSA) is 56.9 Å². The van der Waals surface area contributed by atoms with Crippen molar-refractivity contribution in [1.82, 2.24) is 9.80 Å². The molecule has 0 spiro atoms. The number of benzene rings is 3. The molecule has 0 radical (unpaired) electrons. The van der Waals surface area contributed by atoms with E-state index in [-0.39, 0.29) is 17.4 Å². The molecule has 0 unspecified atom stereocenters. The van der Waals surface area contributed by atoms with Gasteiger partial charge in [-0.1, -0.05) is 60.7 Å². The number of fused-ring (bicyclic) bond motifs is 1. The molecule has 4 aromatic rings. The average Bonchev–Trinajstić information content (AvgIpc) is 2.81. The highest BCUT2D eigenvalue weighted by molar-refractivity contribution is 5.87. The highest BCUT2D eigenvalue weighted by Crippen LogP contribution is 2.32. The minimum Gasteiger partial charge on any atom is -0.507 e. The van der Waals surface area contributed by atoms with E-state index in [1.807, 2.05) is 13.0 Å². The molecule has 168 valence electrons. The standard InChI is InChI=1S/C28H28N2O3/c1-20-16-24(31)27-23(18-26(32)33-25(27)17-20)19-29-12-14-30(15-13-29)28(21-8-4-2-5-9-21)22-10-6-3-7-11-22/h2-11,16-18,28,31H,12-15,19H2,1H3. The van der Waals surface area contributed by atoms with Gasteiger partial charge in [0, 0.05) is 38.8 Å². The largest absolute Gasteiger partial charge is 0.507 e. The fourth-order valence-electron chi connectivity index (χ4n) is 4.92. The van der Waals surface area contributed by atoms with Gasteiger partial charge in [-0.05, 0) is 41.3 Å². The van der Waals surface area contributed by atoms with Crippen LogP contribution in [0.1, 0.15) is 28.3 Å². The number of phenolic OH excluding ortho intramolecular Hbond substituents is 1. The number of aryl methyl sites for hydroxylation is 1. The SMILES string of the molecule is Cc1cc(O)c2c(CN3CCN(C(c4ccccc4)c4ccccc4)CC3)cc(=O)oc2c1. The molecule has 2 heterocycles. The Hall–Kier alpha value is -3.41. The lowest BCUT2D eigenvalue weighted by atomic mass is 9.96. The van der Waals surface area contributed by atoms with E-state index >= 15 is 0 Å². The van der Waals surface area contributed by atoms with Crippen LogP contribution in [0.3, 0.4) is 0 Å². The molecule has 1 aliphatic heterocycles. The summed E-state index contributed by atoms with van der Waals surface area (Å²) < 4.78 is 5.36. The molecule has 5 nitrogen and oxygen atoms in total. The van der Waals surface area contributed by atoms with Crippen LogP contribution in [0, 0.1) is 6.92 Å². The van der Waals surface area contributed by atoms with E-state index in [1.54, 1.807) is 6.07 Å². The summed E-state index contributed by atoms with van der Waals surface area (Å²) in [4.78, 5) is 17.0. The second-order valence-electron chi connectivity index (χ2n) is 8.78. The zero-order valence-corrected chi connectivity index (χ0v) is 18.8. The molecule has 33 heavy (non-hydrogen) atoms. The zero-order chi connectivity index (χ0) is 22.8. The summed E-state index contributed by atoms with van der Waals surface area (Å²) in [6, 6.07) is 26.6. The van der Waals surface area contributed by atoms with Crippen molar-refractivity contribution >= 4 is 11.0 Å². The maximum atomic E-state index is 12.1.